The summed E-state index contributed by atoms with van der Waals surface area (Å²) in [6.45, 7) is 7.48. The van der Waals surface area contributed by atoms with Crippen molar-refractivity contribution in [3.05, 3.63) is 54.1 Å². The third kappa shape index (κ3) is 5.34. The van der Waals surface area contributed by atoms with Crippen LogP contribution in [0.25, 0.3) is 0 Å². The predicted octanol–water partition coefficient (Wildman–Crippen LogP) is 1.60. The Bertz CT molecular complexity index is 722. The number of guanidine groups is 1. The molecule has 2 N–H and O–H groups in total. The molecule has 0 aliphatic rings. The summed E-state index contributed by atoms with van der Waals surface area (Å²) in [5.74, 6) is 3.31. The molecule has 0 spiro atoms. The van der Waals surface area contributed by atoms with Crippen LogP contribution in [0.15, 0.2) is 41.9 Å². The van der Waals surface area contributed by atoms with Gasteiger partial charge >= 0.3 is 0 Å². The Morgan fingerprint density at radius 2 is 2.12 bits per heavy atom. The Morgan fingerprint density at radius 3 is 2.80 bits per heavy atom. The molecule has 0 unspecified atom stereocenters. The third-order valence-electron chi connectivity index (χ3n) is 3.85. The molecule has 0 fully saturated rings. The van der Waals surface area contributed by atoms with Gasteiger partial charge in [-0.3, -0.25) is 0 Å². The number of benzene rings is 1. The van der Waals surface area contributed by atoms with Crippen LogP contribution in [0.5, 0.6) is 5.75 Å². The molecule has 0 saturated heterocycles. The molecular formula is C18H26N6O. The molecule has 0 aliphatic carbocycles. The Labute approximate surface area is 148 Å². The van der Waals surface area contributed by atoms with E-state index in [1.54, 1.807) is 13.2 Å². The molecule has 2 aromatic rings. The van der Waals surface area contributed by atoms with Crippen LogP contribution in [-0.2, 0) is 20.0 Å². The molecule has 25 heavy (non-hydrogen) atoms. The van der Waals surface area contributed by atoms with E-state index in [9.17, 15) is 0 Å². The van der Waals surface area contributed by atoms with E-state index in [0.717, 1.165) is 41.9 Å². The van der Waals surface area contributed by atoms with Crippen molar-refractivity contribution < 1.29 is 4.74 Å². The fraction of sp³-hybridized carbons (Fsp3) is 0.389. The maximum atomic E-state index is 5.38. The maximum Gasteiger partial charge on any atom is 0.191 e. The lowest BCUT2D eigenvalue weighted by Gasteiger charge is -2.12. The molecule has 7 heteroatoms. The van der Waals surface area contributed by atoms with E-state index in [-0.39, 0.29) is 0 Å². The summed E-state index contributed by atoms with van der Waals surface area (Å²) in [5.41, 5.74) is 1.16. The van der Waals surface area contributed by atoms with Gasteiger partial charge in [-0.25, -0.2) is 4.99 Å². The minimum atomic E-state index is 0.457. The lowest BCUT2D eigenvalue weighted by molar-refractivity contribution is 0.409. The second kappa shape index (κ2) is 9.46. The average Bonchev–Trinajstić information content (AvgIpc) is 2.95. The van der Waals surface area contributed by atoms with Crippen molar-refractivity contribution in [1.29, 1.82) is 0 Å². The second-order valence-electron chi connectivity index (χ2n) is 5.55. The van der Waals surface area contributed by atoms with Gasteiger partial charge in [0.2, 0.25) is 0 Å². The quantitative estimate of drug-likeness (QED) is 0.433. The summed E-state index contributed by atoms with van der Waals surface area (Å²) in [5, 5.41) is 14.7. The number of para-hydroxylation sites is 1. The molecule has 0 atom stereocenters. The standard InChI is InChI=1S/C18H26N6O/c1-5-11-19-18(21-13-17-23-22-14(2)24(17)3)20-12-10-15-8-6-7-9-16(15)25-4/h5-9H,1,10-13H2,2-4H3,(H2,19,20,21). The van der Waals surface area contributed by atoms with E-state index < -0.39 is 0 Å². The monoisotopic (exact) mass is 342 g/mol. The van der Waals surface area contributed by atoms with Gasteiger partial charge in [0.1, 0.15) is 18.1 Å². The molecule has 1 heterocycles. The molecule has 7 nitrogen and oxygen atoms in total. The largest absolute Gasteiger partial charge is 0.496 e. The van der Waals surface area contributed by atoms with Gasteiger partial charge in [-0.15, -0.1) is 16.8 Å². The summed E-state index contributed by atoms with van der Waals surface area (Å²) >= 11 is 0. The Kier molecular flexibility index (Phi) is 7.00. The molecule has 0 bridgehead atoms. The Hall–Kier alpha value is -2.83. The van der Waals surface area contributed by atoms with E-state index >= 15 is 0 Å². The van der Waals surface area contributed by atoms with Gasteiger partial charge in [0.25, 0.3) is 0 Å². The van der Waals surface area contributed by atoms with E-state index in [0.29, 0.717) is 13.1 Å². The molecule has 0 radical (unpaired) electrons. The van der Waals surface area contributed by atoms with Gasteiger partial charge in [0.05, 0.1) is 7.11 Å². The third-order valence-corrected chi connectivity index (χ3v) is 3.85. The number of methoxy groups -OCH3 is 1. The van der Waals surface area contributed by atoms with Gasteiger partial charge in [-0.05, 0) is 25.0 Å². The van der Waals surface area contributed by atoms with Crippen molar-refractivity contribution in [2.24, 2.45) is 12.0 Å². The van der Waals surface area contributed by atoms with E-state index in [1.807, 2.05) is 36.7 Å². The highest BCUT2D eigenvalue weighted by molar-refractivity contribution is 5.79. The average molecular weight is 342 g/mol. The molecule has 1 aromatic heterocycles. The Balaban J connectivity index is 1.96. The van der Waals surface area contributed by atoms with Gasteiger partial charge in [-0.1, -0.05) is 24.3 Å². The summed E-state index contributed by atoms with van der Waals surface area (Å²) in [6, 6.07) is 8.02. The zero-order valence-corrected chi connectivity index (χ0v) is 15.1. The molecule has 0 amide bonds. The number of aliphatic imine (C=N–C) groups is 1. The topological polar surface area (TPSA) is 76.4 Å². The number of hydrogen-bond acceptors (Lipinski definition) is 4. The van der Waals surface area contributed by atoms with E-state index in [4.69, 9.17) is 4.74 Å². The normalized spacial score (nSPS) is 11.2. The van der Waals surface area contributed by atoms with Crippen molar-refractivity contribution >= 4 is 5.96 Å². The zero-order chi connectivity index (χ0) is 18.1. The number of hydrogen-bond donors (Lipinski definition) is 2. The van der Waals surface area contributed by atoms with Gasteiger partial charge in [0, 0.05) is 20.1 Å². The fourth-order valence-electron chi connectivity index (χ4n) is 2.31. The number of aryl methyl sites for hydroxylation is 1. The number of aromatic nitrogens is 3. The van der Waals surface area contributed by atoms with Crippen molar-refractivity contribution in [3.63, 3.8) is 0 Å². The predicted molar refractivity (Wildman–Crippen MR) is 99.8 cm³/mol. The summed E-state index contributed by atoms with van der Waals surface area (Å²) in [6.07, 6.45) is 2.63. The highest BCUT2D eigenvalue weighted by atomic mass is 16.5. The maximum absolute atomic E-state index is 5.38. The molecule has 2 rings (SSSR count). The first-order valence-corrected chi connectivity index (χ1v) is 8.25. The summed E-state index contributed by atoms with van der Waals surface area (Å²) in [4.78, 5) is 4.57. The first kappa shape index (κ1) is 18.5. The zero-order valence-electron chi connectivity index (χ0n) is 15.1. The van der Waals surface area contributed by atoms with Crippen LogP contribution < -0.4 is 15.4 Å². The highest BCUT2D eigenvalue weighted by Gasteiger charge is 2.06. The number of ether oxygens (including phenoxy) is 1. The van der Waals surface area contributed by atoms with Gasteiger partial charge in [0.15, 0.2) is 11.8 Å². The number of nitrogens with zero attached hydrogens (tertiary/aromatic N) is 4. The molecular weight excluding hydrogens is 316 g/mol. The van der Waals surface area contributed by atoms with Gasteiger partial charge in [-0.2, -0.15) is 0 Å². The summed E-state index contributed by atoms with van der Waals surface area (Å²) in [7, 11) is 3.62. The first-order valence-electron chi connectivity index (χ1n) is 8.25. The van der Waals surface area contributed by atoms with Gasteiger partial charge < -0.3 is 19.9 Å². The van der Waals surface area contributed by atoms with Crippen molar-refractivity contribution in [2.75, 3.05) is 20.2 Å². The second-order valence-corrected chi connectivity index (χ2v) is 5.55. The van der Waals surface area contributed by atoms with Crippen LogP contribution in [-0.4, -0.2) is 40.9 Å². The highest BCUT2D eigenvalue weighted by Crippen LogP contribution is 2.17. The van der Waals surface area contributed by atoms with E-state index in [1.165, 1.54) is 0 Å². The molecule has 0 saturated carbocycles. The Morgan fingerprint density at radius 1 is 1.32 bits per heavy atom. The fourth-order valence-corrected chi connectivity index (χ4v) is 2.31. The minimum Gasteiger partial charge on any atom is -0.496 e. The van der Waals surface area contributed by atoms with Crippen LogP contribution in [0.4, 0.5) is 0 Å². The van der Waals surface area contributed by atoms with Crippen LogP contribution in [0.2, 0.25) is 0 Å². The number of rotatable bonds is 8. The molecule has 1 aromatic carbocycles. The van der Waals surface area contributed by atoms with Crippen molar-refractivity contribution in [2.45, 2.75) is 19.9 Å². The smallest absolute Gasteiger partial charge is 0.191 e. The first-order chi connectivity index (χ1) is 12.2. The lowest BCUT2D eigenvalue weighted by atomic mass is 10.1. The van der Waals surface area contributed by atoms with Crippen LogP contribution in [0.3, 0.4) is 0 Å². The SMILES string of the molecule is C=CCNC(=NCc1nnc(C)n1C)NCCc1ccccc1OC. The molecule has 0 aliphatic heterocycles. The van der Waals surface area contributed by atoms with Crippen molar-refractivity contribution in [3.8, 4) is 5.75 Å². The van der Waals surface area contributed by atoms with Crippen LogP contribution >= 0.6 is 0 Å². The van der Waals surface area contributed by atoms with Crippen LogP contribution in [0.1, 0.15) is 17.2 Å². The molecule has 134 valence electrons. The van der Waals surface area contributed by atoms with Crippen molar-refractivity contribution in [1.82, 2.24) is 25.4 Å². The minimum absolute atomic E-state index is 0.457. The summed E-state index contributed by atoms with van der Waals surface area (Å²) < 4.78 is 7.32. The van der Waals surface area contributed by atoms with Crippen LogP contribution in [0, 0.1) is 6.92 Å². The van der Waals surface area contributed by atoms with E-state index in [2.05, 4.69) is 38.5 Å². The lowest BCUT2D eigenvalue weighted by Crippen LogP contribution is -2.38. The number of nitrogens with one attached hydrogen (secondary N) is 2.